The first-order valence-corrected chi connectivity index (χ1v) is 4.95. The maximum atomic E-state index is 5.87. The van der Waals surface area contributed by atoms with E-state index in [9.17, 15) is 0 Å². The molecule has 0 bridgehead atoms. The maximum Gasteiger partial charge on any atom is 0.142 e. The average Bonchev–Trinajstić information content (AvgIpc) is 2.65. The van der Waals surface area contributed by atoms with Crippen LogP contribution in [0.1, 0.15) is 6.42 Å². The third kappa shape index (κ3) is 2.55. The van der Waals surface area contributed by atoms with E-state index in [0.717, 1.165) is 30.9 Å². The molecule has 1 heterocycles. The number of hydrogen-bond donors (Lipinski definition) is 1. The normalized spacial score (nSPS) is 19.9. The van der Waals surface area contributed by atoms with Crippen LogP contribution in [0.3, 0.4) is 0 Å². The van der Waals surface area contributed by atoms with Crippen LogP contribution in [0.25, 0.3) is 0 Å². The van der Waals surface area contributed by atoms with Crippen LogP contribution in [0.5, 0.6) is 5.75 Å². The van der Waals surface area contributed by atoms with Crippen molar-refractivity contribution in [2.45, 2.75) is 12.5 Å². The Balaban J connectivity index is 0.00000112. The van der Waals surface area contributed by atoms with Gasteiger partial charge in [-0.2, -0.15) is 0 Å². The molecule has 2 rings (SSSR count). The number of ether oxygens (including phenoxy) is 1. The Morgan fingerprint density at radius 3 is 2.73 bits per heavy atom. The quantitative estimate of drug-likeness (QED) is 0.837. The molecule has 1 atom stereocenters. The van der Waals surface area contributed by atoms with E-state index in [1.54, 1.807) is 7.11 Å². The predicted molar refractivity (Wildman–Crippen MR) is 65.0 cm³/mol. The van der Waals surface area contributed by atoms with Gasteiger partial charge in [0.05, 0.1) is 12.8 Å². The molecule has 1 fully saturated rings. The zero-order chi connectivity index (χ0) is 9.97. The van der Waals surface area contributed by atoms with Crippen LogP contribution in [0.4, 0.5) is 5.69 Å². The summed E-state index contributed by atoms with van der Waals surface area (Å²) in [7, 11) is 1.70. The second-order valence-electron chi connectivity index (χ2n) is 3.67. The molecule has 0 aromatic heterocycles. The van der Waals surface area contributed by atoms with Crippen LogP contribution < -0.4 is 15.4 Å². The zero-order valence-corrected chi connectivity index (χ0v) is 9.67. The van der Waals surface area contributed by atoms with Crippen molar-refractivity contribution in [3.63, 3.8) is 0 Å². The van der Waals surface area contributed by atoms with Gasteiger partial charge in [0, 0.05) is 19.1 Å². The minimum atomic E-state index is 0. The van der Waals surface area contributed by atoms with Gasteiger partial charge in [-0.05, 0) is 18.6 Å². The molecule has 1 aliphatic rings. The van der Waals surface area contributed by atoms with Crippen molar-refractivity contribution < 1.29 is 4.74 Å². The lowest BCUT2D eigenvalue weighted by Gasteiger charge is -2.20. The van der Waals surface area contributed by atoms with E-state index in [4.69, 9.17) is 10.5 Å². The summed E-state index contributed by atoms with van der Waals surface area (Å²) in [4.78, 5) is 2.28. The molecule has 3 nitrogen and oxygen atoms in total. The Morgan fingerprint density at radius 1 is 1.40 bits per heavy atom. The second-order valence-corrected chi connectivity index (χ2v) is 3.67. The van der Waals surface area contributed by atoms with Gasteiger partial charge >= 0.3 is 0 Å². The van der Waals surface area contributed by atoms with E-state index in [1.807, 2.05) is 18.2 Å². The average molecular weight is 229 g/mol. The summed E-state index contributed by atoms with van der Waals surface area (Å²) in [5.41, 5.74) is 7.03. The van der Waals surface area contributed by atoms with Crippen molar-refractivity contribution in [2.24, 2.45) is 5.73 Å². The summed E-state index contributed by atoms with van der Waals surface area (Å²) in [6, 6.07) is 8.38. The molecule has 1 aromatic carbocycles. The molecule has 0 amide bonds. The fraction of sp³-hybridized carbons (Fsp3) is 0.455. The van der Waals surface area contributed by atoms with E-state index in [2.05, 4.69) is 11.0 Å². The number of rotatable bonds is 2. The molecule has 4 heteroatoms. The minimum Gasteiger partial charge on any atom is -0.495 e. The standard InChI is InChI=1S/C11H16N2O.ClH/c1-14-11-5-3-2-4-10(11)13-7-6-9(12)8-13;/h2-5,9H,6-8,12H2,1H3;1H. The number of benzene rings is 1. The number of halogens is 1. The number of anilines is 1. The van der Waals surface area contributed by atoms with Gasteiger partial charge in [0.1, 0.15) is 5.75 Å². The minimum absolute atomic E-state index is 0. The van der Waals surface area contributed by atoms with Crippen LogP contribution in [-0.2, 0) is 0 Å². The van der Waals surface area contributed by atoms with Gasteiger partial charge < -0.3 is 15.4 Å². The van der Waals surface area contributed by atoms with Crippen molar-refractivity contribution in [3.8, 4) is 5.75 Å². The van der Waals surface area contributed by atoms with Crippen molar-refractivity contribution in [3.05, 3.63) is 24.3 Å². The van der Waals surface area contributed by atoms with Crippen LogP contribution in [0, 0.1) is 0 Å². The predicted octanol–water partition coefficient (Wildman–Crippen LogP) is 1.65. The topological polar surface area (TPSA) is 38.5 Å². The Hall–Kier alpha value is -0.930. The number of nitrogens with two attached hydrogens (primary N) is 1. The van der Waals surface area contributed by atoms with Crippen LogP contribution in [-0.4, -0.2) is 26.2 Å². The summed E-state index contributed by atoms with van der Waals surface area (Å²) in [5.74, 6) is 0.932. The zero-order valence-electron chi connectivity index (χ0n) is 8.85. The SMILES string of the molecule is COc1ccccc1N1CCC(N)C1.Cl. The fourth-order valence-corrected chi connectivity index (χ4v) is 1.90. The third-order valence-electron chi connectivity index (χ3n) is 2.65. The summed E-state index contributed by atoms with van der Waals surface area (Å²) >= 11 is 0. The highest BCUT2D eigenvalue weighted by molar-refractivity contribution is 5.85. The Kier molecular flexibility index (Phi) is 4.24. The van der Waals surface area contributed by atoms with Gasteiger partial charge in [0.2, 0.25) is 0 Å². The fourth-order valence-electron chi connectivity index (χ4n) is 1.90. The van der Waals surface area contributed by atoms with Crippen LogP contribution >= 0.6 is 12.4 Å². The lowest BCUT2D eigenvalue weighted by atomic mass is 10.2. The van der Waals surface area contributed by atoms with E-state index >= 15 is 0 Å². The van der Waals surface area contributed by atoms with Gasteiger partial charge in [-0.3, -0.25) is 0 Å². The lowest BCUT2D eigenvalue weighted by Crippen LogP contribution is -2.26. The molecule has 1 aromatic rings. The van der Waals surface area contributed by atoms with Crippen molar-refractivity contribution in [1.29, 1.82) is 0 Å². The second kappa shape index (κ2) is 5.24. The molecule has 1 saturated heterocycles. The monoisotopic (exact) mass is 228 g/mol. The van der Waals surface area contributed by atoms with Crippen molar-refractivity contribution >= 4 is 18.1 Å². The smallest absolute Gasteiger partial charge is 0.142 e. The van der Waals surface area contributed by atoms with Gasteiger partial charge in [0.25, 0.3) is 0 Å². The van der Waals surface area contributed by atoms with Gasteiger partial charge in [-0.15, -0.1) is 12.4 Å². The van der Waals surface area contributed by atoms with Gasteiger partial charge in [-0.25, -0.2) is 0 Å². The van der Waals surface area contributed by atoms with E-state index in [1.165, 1.54) is 0 Å². The molecule has 84 valence electrons. The van der Waals surface area contributed by atoms with Crippen LogP contribution in [0.2, 0.25) is 0 Å². The summed E-state index contributed by atoms with van der Waals surface area (Å²) in [6.45, 7) is 1.96. The maximum absolute atomic E-state index is 5.87. The van der Waals surface area contributed by atoms with Gasteiger partial charge in [0.15, 0.2) is 0 Å². The van der Waals surface area contributed by atoms with Crippen molar-refractivity contribution in [2.75, 3.05) is 25.1 Å². The van der Waals surface area contributed by atoms with Crippen LogP contribution in [0.15, 0.2) is 24.3 Å². The number of methoxy groups -OCH3 is 1. The Morgan fingerprint density at radius 2 is 2.13 bits per heavy atom. The first-order valence-electron chi connectivity index (χ1n) is 4.95. The largest absolute Gasteiger partial charge is 0.495 e. The Bertz CT molecular complexity index is 319. The highest BCUT2D eigenvalue weighted by atomic mass is 35.5. The van der Waals surface area contributed by atoms with E-state index in [0.29, 0.717) is 6.04 Å². The third-order valence-corrected chi connectivity index (χ3v) is 2.65. The van der Waals surface area contributed by atoms with Crippen molar-refractivity contribution in [1.82, 2.24) is 0 Å². The summed E-state index contributed by atoms with van der Waals surface area (Å²) < 4.78 is 5.31. The molecule has 0 spiro atoms. The number of hydrogen-bond acceptors (Lipinski definition) is 3. The summed E-state index contributed by atoms with van der Waals surface area (Å²) in [6.07, 6.45) is 1.07. The molecule has 2 N–H and O–H groups in total. The van der Waals surface area contributed by atoms with E-state index in [-0.39, 0.29) is 12.4 Å². The molecule has 1 unspecified atom stereocenters. The van der Waals surface area contributed by atoms with Gasteiger partial charge in [-0.1, -0.05) is 12.1 Å². The first kappa shape index (κ1) is 12.1. The first-order chi connectivity index (χ1) is 6.81. The Labute approximate surface area is 96.6 Å². The molecule has 0 saturated carbocycles. The molecular weight excluding hydrogens is 212 g/mol. The number of para-hydroxylation sites is 2. The molecule has 1 aliphatic heterocycles. The molecule has 15 heavy (non-hydrogen) atoms. The highest BCUT2D eigenvalue weighted by Crippen LogP contribution is 2.29. The molecule has 0 radical (unpaired) electrons. The molecule has 0 aliphatic carbocycles. The number of nitrogens with zero attached hydrogens (tertiary/aromatic N) is 1. The highest BCUT2D eigenvalue weighted by Gasteiger charge is 2.21. The lowest BCUT2D eigenvalue weighted by molar-refractivity contribution is 0.415. The van der Waals surface area contributed by atoms with E-state index < -0.39 is 0 Å². The summed E-state index contributed by atoms with van der Waals surface area (Å²) in [5, 5.41) is 0. The molecular formula is C11H17ClN2O.